The number of aliphatic hydroxyl groups excluding tert-OH is 1. The van der Waals surface area contributed by atoms with Crippen LogP contribution >= 0.6 is 0 Å². The number of hydrogen-bond acceptors (Lipinski definition) is 5. The predicted molar refractivity (Wildman–Crippen MR) is 70.3 cm³/mol. The zero-order chi connectivity index (χ0) is 12.8. The summed E-state index contributed by atoms with van der Waals surface area (Å²) in [5.74, 6) is 1.85. The lowest BCUT2D eigenvalue weighted by atomic mass is 10.0. The topological polar surface area (TPSA) is 70.1 Å². The number of aromatic nitrogens is 2. The molecule has 0 aliphatic heterocycles. The number of rotatable bonds is 6. The van der Waals surface area contributed by atoms with Gasteiger partial charge in [0, 0.05) is 31.5 Å². The SMILES string of the molecule is CNc1nc(C)cc(NC(CCO)C(C)C)n1. The van der Waals surface area contributed by atoms with Crippen molar-refractivity contribution >= 4 is 11.8 Å². The summed E-state index contributed by atoms with van der Waals surface area (Å²) in [6.07, 6.45) is 0.718. The van der Waals surface area contributed by atoms with E-state index in [2.05, 4.69) is 34.4 Å². The van der Waals surface area contributed by atoms with Crippen LogP contribution in [0.5, 0.6) is 0 Å². The van der Waals surface area contributed by atoms with Gasteiger partial charge in [0.15, 0.2) is 0 Å². The van der Waals surface area contributed by atoms with Crippen molar-refractivity contribution in [2.24, 2.45) is 5.92 Å². The molecule has 5 nitrogen and oxygen atoms in total. The van der Waals surface area contributed by atoms with Crippen LogP contribution in [-0.2, 0) is 0 Å². The number of hydrogen-bond donors (Lipinski definition) is 3. The average Bonchev–Trinajstić information content (AvgIpc) is 2.27. The van der Waals surface area contributed by atoms with Crippen LogP contribution in [0.15, 0.2) is 6.07 Å². The number of nitrogens with one attached hydrogen (secondary N) is 2. The summed E-state index contributed by atoms with van der Waals surface area (Å²) in [5.41, 5.74) is 0.915. The molecule has 96 valence electrons. The first kappa shape index (κ1) is 13.7. The molecule has 17 heavy (non-hydrogen) atoms. The van der Waals surface area contributed by atoms with Crippen LogP contribution in [-0.4, -0.2) is 34.8 Å². The zero-order valence-electron chi connectivity index (χ0n) is 11.0. The minimum absolute atomic E-state index is 0.179. The Balaban J connectivity index is 2.81. The molecular formula is C12H22N4O. The Morgan fingerprint density at radius 2 is 2.06 bits per heavy atom. The summed E-state index contributed by atoms with van der Waals surface area (Å²) in [6, 6.07) is 2.13. The third-order valence-electron chi connectivity index (χ3n) is 2.66. The molecule has 0 saturated heterocycles. The predicted octanol–water partition coefficient (Wildman–Crippen LogP) is 1.65. The molecule has 5 heteroatoms. The lowest BCUT2D eigenvalue weighted by molar-refractivity contribution is 0.267. The van der Waals surface area contributed by atoms with Crippen LogP contribution in [0.2, 0.25) is 0 Å². The molecule has 0 bridgehead atoms. The molecule has 0 saturated carbocycles. The van der Waals surface area contributed by atoms with Crippen LogP contribution in [0.3, 0.4) is 0 Å². The Morgan fingerprint density at radius 1 is 1.35 bits per heavy atom. The van der Waals surface area contributed by atoms with E-state index in [-0.39, 0.29) is 12.6 Å². The fourth-order valence-corrected chi connectivity index (χ4v) is 1.66. The molecule has 0 aliphatic rings. The summed E-state index contributed by atoms with van der Waals surface area (Å²) in [6.45, 7) is 6.36. The zero-order valence-corrected chi connectivity index (χ0v) is 11.0. The maximum atomic E-state index is 9.03. The highest BCUT2D eigenvalue weighted by Gasteiger charge is 2.13. The van der Waals surface area contributed by atoms with Gasteiger partial charge in [-0.15, -0.1) is 0 Å². The summed E-state index contributed by atoms with van der Waals surface area (Å²) in [7, 11) is 1.80. The molecule has 0 aliphatic carbocycles. The third kappa shape index (κ3) is 4.19. The van der Waals surface area contributed by atoms with Crippen LogP contribution in [0, 0.1) is 12.8 Å². The lowest BCUT2D eigenvalue weighted by Crippen LogP contribution is -2.27. The monoisotopic (exact) mass is 238 g/mol. The standard InChI is InChI=1S/C12H22N4O/c1-8(2)10(5-6-17)15-11-7-9(3)14-12(13-4)16-11/h7-8,10,17H,5-6H2,1-4H3,(H2,13,14,15,16). The second-order valence-corrected chi connectivity index (χ2v) is 4.48. The molecule has 1 aromatic heterocycles. The molecule has 0 fully saturated rings. The van der Waals surface area contributed by atoms with E-state index >= 15 is 0 Å². The second-order valence-electron chi connectivity index (χ2n) is 4.48. The van der Waals surface area contributed by atoms with Gasteiger partial charge in [-0.05, 0) is 19.3 Å². The minimum Gasteiger partial charge on any atom is -0.396 e. The smallest absolute Gasteiger partial charge is 0.224 e. The van der Waals surface area contributed by atoms with Crippen LogP contribution in [0.1, 0.15) is 26.0 Å². The molecule has 0 amide bonds. The second kappa shape index (κ2) is 6.39. The first-order valence-electron chi connectivity index (χ1n) is 5.97. The molecule has 1 atom stereocenters. The Kier molecular flexibility index (Phi) is 5.15. The van der Waals surface area contributed by atoms with Crippen molar-refractivity contribution in [2.75, 3.05) is 24.3 Å². The molecule has 0 radical (unpaired) electrons. The number of anilines is 2. The molecule has 0 spiro atoms. The Bertz CT molecular complexity index is 354. The van der Waals surface area contributed by atoms with E-state index in [9.17, 15) is 0 Å². The summed E-state index contributed by atoms with van der Waals surface area (Å²) in [4.78, 5) is 8.58. The quantitative estimate of drug-likeness (QED) is 0.703. The van der Waals surface area contributed by atoms with Gasteiger partial charge in [0.05, 0.1) is 0 Å². The molecule has 3 N–H and O–H groups in total. The van der Waals surface area contributed by atoms with E-state index in [1.165, 1.54) is 0 Å². The molecule has 1 rings (SSSR count). The van der Waals surface area contributed by atoms with E-state index in [1.54, 1.807) is 7.05 Å². The average molecular weight is 238 g/mol. The Labute approximate surface area is 103 Å². The van der Waals surface area contributed by atoms with Gasteiger partial charge >= 0.3 is 0 Å². The summed E-state index contributed by atoms with van der Waals surface area (Å²) < 4.78 is 0. The van der Waals surface area contributed by atoms with Crippen LogP contribution < -0.4 is 10.6 Å². The van der Waals surface area contributed by atoms with Gasteiger partial charge < -0.3 is 15.7 Å². The minimum atomic E-state index is 0.179. The number of aryl methyl sites for hydroxylation is 1. The highest BCUT2D eigenvalue weighted by atomic mass is 16.3. The maximum absolute atomic E-state index is 9.03. The van der Waals surface area contributed by atoms with Gasteiger partial charge in [-0.3, -0.25) is 0 Å². The first-order chi connectivity index (χ1) is 8.06. The molecule has 1 aromatic rings. The van der Waals surface area contributed by atoms with Gasteiger partial charge in [0.25, 0.3) is 0 Å². The van der Waals surface area contributed by atoms with Crippen molar-refractivity contribution < 1.29 is 5.11 Å². The fourth-order valence-electron chi connectivity index (χ4n) is 1.66. The molecular weight excluding hydrogens is 216 g/mol. The van der Waals surface area contributed by atoms with Gasteiger partial charge in [0.1, 0.15) is 5.82 Å². The van der Waals surface area contributed by atoms with Gasteiger partial charge in [-0.2, -0.15) is 4.98 Å². The van der Waals surface area contributed by atoms with Crippen LogP contribution in [0.25, 0.3) is 0 Å². The number of nitrogens with zero attached hydrogens (tertiary/aromatic N) is 2. The van der Waals surface area contributed by atoms with Crippen molar-refractivity contribution in [3.63, 3.8) is 0 Å². The maximum Gasteiger partial charge on any atom is 0.224 e. The first-order valence-corrected chi connectivity index (χ1v) is 5.97. The Morgan fingerprint density at radius 3 is 2.59 bits per heavy atom. The summed E-state index contributed by atoms with van der Waals surface area (Å²) in [5, 5.41) is 15.3. The number of aliphatic hydroxyl groups is 1. The van der Waals surface area contributed by atoms with Crippen molar-refractivity contribution in [1.82, 2.24) is 9.97 Å². The highest BCUT2D eigenvalue weighted by Crippen LogP contribution is 2.15. The Hall–Kier alpha value is -1.36. The van der Waals surface area contributed by atoms with E-state index in [0.717, 1.165) is 17.9 Å². The largest absolute Gasteiger partial charge is 0.396 e. The van der Waals surface area contributed by atoms with E-state index < -0.39 is 0 Å². The van der Waals surface area contributed by atoms with E-state index in [4.69, 9.17) is 5.11 Å². The van der Waals surface area contributed by atoms with E-state index in [1.807, 2.05) is 13.0 Å². The molecule has 0 aromatic carbocycles. The molecule has 1 unspecified atom stereocenters. The van der Waals surface area contributed by atoms with Crippen LogP contribution in [0.4, 0.5) is 11.8 Å². The van der Waals surface area contributed by atoms with Crippen molar-refractivity contribution in [3.8, 4) is 0 Å². The van der Waals surface area contributed by atoms with Gasteiger partial charge in [-0.25, -0.2) is 4.98 Å². The summed E-state index contributed by atoms with van der Waals surface area (Å²) >= 11 is 0. The fraction of sp³-hybridized carbons (Fsp3) is 0.667. The van der Waals surface area contributed by atoms with Crippen molar-refractivity contribution in [3.05, 3.63) is 11.8 Å². The van der Waals surface area contributed by atoms with E-state index in [0.29, 0.717) is 11.9 Å². The molecule has 1 heterocycles. The van der Waals surface area contributed by atoms with Crippen molar-refractivity contribution in [1.29, 1.82) is 0 Å². The van der Waals surface area contributed by atoms with Gasteiger partial charge in [-0.1, -0.05) is 13.8 Å². The third-order valence-corrected chi connectivity index (χ3v) is 2.66. The van der Waals surface area contributed by atoms with Gasteiger partial charge in [0.2, 0.25) is 5.95 Å². The normalized spacial score (nSPS) is 12.6. The van der Waals surface area contributed by atoms with Crippen molar-refractivity contribution in [2.45, 2.75) is 33.2 Å². The highest BCUT2D eigenvalue weighted by molar-refractivity contribution is 5.42. The lowest BCUT2D eigenvalue weighted by Gasteiger charge is -2.22.